The number of aliphatic hydroxyl groups excluding tert-OH is 1. The van der Waals surface area contributed by atoms with Gasteiger partial charge in [0.15, 0.2) is 0 Å². The molecule has 0 radical (unpaired) electrons. The van der Waals surface area contributed by atoms with Crippen molar-refractivity contribution in [3.63, 3.8) is 0 Å². The molecule has 0 bridgehead atoms. The Hall–Kier alpha value is -0.580. The lowest BCUT2D eigenvalue weighted by molar-refractivity contribution is -0.0115. The molecule has 0 aliphatic heterocycles. The molecule has 2 N–H and O–H groups in total. The van der Waals surface area contributed by atoms with Crippen molar-refractivity contribution in [3.05, 3.63) is 28.2 Å². The smallest absolute Gasteiger partial charge is 0.133 e. The molecule has 1 rings (SSSR count). The van der Waals surface area contributed by atoms with Crippen molar-refractivity contribution in [2.45, 2.75) is 38.9 Å². The van der Waals surface area contributed by atoms with Crippen molar-refractivity contribution >= 4 is 15.9 Å². The highest BCUT2D eigenvalue weighted by atomic mass is 79.9. The minimum absolute atomic E-state index is 0.00668. The van der Waals surface area contributed by atoms with Crippen molar-refractivity contribution in [3.8, 4) is 5.75 Å². The van der Waals surface area contributed by atoms with Gasteiger partial charge in [-0.3, -0.25) is 0 Å². The number of benzene rings is 1. The summed E-state index contributed by atoms with van der Waals surface area (Å²) in [4.78, 5) is 0. The largest absolute Gasteiger partial charge is 0.489 e. The molecule has 17 heavy (non-hydrogen) atoms. The predicted molar refractivity (Wildman–Crippen MR) is 71.1 cm³/mol. The third-order valence-electron chi connectivity index (χ3n) is 2.99. The van der Waals surface area contributed by atoms with E-state index in [1.807, 2.05) is 19.9 Å². The second-order valence-electron chi connectivity index (χ2n) is 4.14. The first-order valence-corrected chi connectivity index (χ1v) is 6.58. The Bertz CT molecular complexity index is 362. The van der Waals surface area contributed by atoms with Gasteiger partial charge in [-0.15, -0.1) is 0 Å². The molecular weight excluding hydrogens is 284 g/mol. The van der Waals surface area contributed by atoms with Crippen LogP contribution in [0, 0.1) is 0 Å². The van der Waals surface area contributed by atoms with E-state index < -0.39 is 5.60 Å². The number of aliphatic hydroxyl groups is 2. The summed E-state index contributed by atoms with van der Waals surface area (Å²) in [5, 5.41) is 19.1. The topological polar surface area (TPSA) is 49.7 Å². The molecule has 0 aliphatic rings. The van der Waals surface area contributed by atoms with Crippen LogP contribution in [0.2, 0.25) is 0 Å². The molecule has 0 aromatic heterocycles. The monoisotopic (exact) mass is 302 g/mol. The van der Waals surface area contributed by atoms with Gasteiger partial charge < -0.3 is 14.9 Å². The Morgan fingerprint density at radius 1 is 1.29 bits per heavy atom. The molecular formula is C13H19BrO3. The minimum atomic E-state index is -0.769. The first-order valence-electron chi connectivity index (χ1n) is 5.79. The van der Waals surface area contributed by atoms with Gasteiger partial charge in [-0.2, -0.15) is 0 Å². The second-order valence-corrected chi connectivity index (χ2v) is 5.00. The highest BCUT2D eigenvalue weighted by molar-refractivity contribution is 9.10. The third-order valence-corrected chi connectivity index (χ3v) is 3.61. The fourth-order valence-electron chi connectivity index (χ4n) is 1.43. The van der Waals surface area contributed by atoms with E-state index in [2.05, 4.69) is 15.9 Å². The van der Waals surface area contributed by atoms with E-state index in [4.69, 9.17) is 9.84 Å². The predicted octanol–water partition coefficient (Wildman–Crippen LogP) is 2.87. The SMILES string of the molecule is CCC(O)(CC)COc1ccc(CO)cc1Br. The van der Waals surface area contributed by atoms with Gasteiger partial charge in [0.05, 0.1) is 16.7 Å². The average molecular weight is 303 g/mol. The van der Waals surface area contributed by atoms with Crippen LogP contribution in [0.5, 0.6) is 5.75 Å². The Kier molecular flexibility index (Phi) is 5.43. The molecule has 0 saturated heterocycles. The number of hydrogen-bond acceptors (Lipinski definition) is 3. The average Bonchev–Trinajstić information content (AvgIpc) is 2.36. The third kappa shape index (κ3) is 3.98. The zero-order valence-electron chi connectivity index (χ0n) is 10.2. The summed E-state index contributed by atoms with van der Waals surface area (Å²) in [6.45, 7) is 4.16. The first kappa shape index (κ1) is 14.5. The number of ether oxygens (including phenoxy) is 1. The van der Waals surface area contributed by atoms with Gasteiger partial charge in [0.25, 0.3) is 0 Å². The highest BCUT2D eigenvalue weighted by Crippen LogP contribution is 2.27. The van der Waals surface area contributed by atoms with Crippen LogP contribution >= 0.6 is 15.9 Å². The summed E-state index contributed by atoms with van der Waals surface area (Å²) in [7, 11) is 0. The van der Waals surface area contributed by atoms with Crippen LogP contribution in [-0.2, 0) is 6.61 Å². The molecule has 4 heteroatoms. The van der Waals surface area contributed by atoms with Gasteiger partial charge in [-0.1, -0.05) is 19.9 Å². The molecule has 0 aliphatic carbocycles. The molecule has 0 heterocycles. The quantitative estimate of drug-likeness (QED) is 0.849. The Balaban J connectivity index is 2.69. The highest BCUT2D eigenvalue weighted by Gasteiger charge is 2.23. The van der Waals surface area contributed by atoms with Crippen molar-refractivity contribution in [2.75, 3.05) is 6.61 Å². The maximum Gasteiger partial charge on any atom is 0.133 e. The van der Waals surface area contributed by atoms with Crippen molar-refractivity contribution in [1.29, 1.82) is 0 Å². The van der Waals surface area contributed by atoms with Crippen molar-refractivity contribution in [1.82, 2.24) is 0 Å². The van der Waals surface area contributed by atoms with E-state index in [9.17, 15) is 5.11 Å². The van der Waals surface area contributed by atoms with Gasteiger partial charge in [-0.25, -0.2) is 0 Å². The van der Waals surface area contributed by atoms with Crippen LogP contribution in [0.15, 0.2) is 22.7 Å². The summed E-state index contributed by atoms with van der Waals surface area (Å²) < 4.78 is 6.40. The van der Waals surface area contributed by atoms with E-state index in [0.29, 0.717) is 18.6 Å². The fourth-order valence-corrected chi connectivity index (χ4v) is 1.97. The van der Waals surface area contributed by atoms with Crippen LogP contribution in [0.4, 0.5) is 0 Å². The molecule has 0 spiro atoms. The van der Waals surface area contributed by atoms with Crippen LogP contribution in [0.25, 0.3) is 0 Å². The molecule has 3 nitrogen and oxygen atoms in total. The standard InChI is InChI=1S/C13H19BrO3/c1-3-13(16,4-2)9-17-12-6-5-10(8-15)7-11(12)14/h5-7,15-16H,3-4,8-9H2,1-2H3. The van der Waals surface area contributed by atoms with E-state index in [-0.39, 0.29) is 13.2 Å². The molecule has 0 saturated carbocycles. The second kappa shape index (κ2) is 6.38. The van der Waals surface area contributed by atoms with Gasteiger partial charge in [0.1, 0.15) is 12.4 Å². The summed E-state index contributed by atoms with van der Waals surface area (Å²) in [6.07, 6.45) is 1.33. The molecule has 0 unspecified atom stereocenters. The van der Waals surface area contributed by atoms with Crippen LogP contribution < -0.4 is 4.74 Å². The molecule has 1 aromatic carbocycles. The lowest BCUT2D eigenvalue weighted by Crippen LogP contribution is -2.34. The lowest BCUT2D eigenvalue weighted by atomic mass is 9.99. The maximum absolute atomic E-state index is 10.1. The van der Waals surface area contributed by atoms with E-state index in [1.54, 1.807) is 12.1 Å². The molecule has 0 atom stereocenters. The normalized spacial score (nSPS) is 11.6. The zero-order valence-corrected chi connectivity index (χ0v) is 11.8. The van der Waals surface area contributed by atoms with Crippen molar-refractivity contribution in [2.24, 2.45) is 0 Å². The van der Waals surface area contributed by atoms with Crippen LogP contribution in [-0.4, -0.2) is 22.4 Å². The summed E-state index contributed by atoms with van der Waals surface area (Å²) in [5.41, 5.74) is 0.0557. The Morgan fingerprint density at radius 3 is 2.41 bits per heavy atom. The summed E-state index contributed by atoms with van der Waals surface area (Å²) >= 11 is 3.38. The number of rotatable bonds is 6. The maximum atomic E-state index is 10.1. The lowest BCUT2D eigenvalue weighted by Gasteiger charge is -2.25. The number of hydrogen-bond donors (Lipinski definition) is 2. The summed E-state index contributed by atoms with van der Waals surface area (Å²) in [6, 6.07) is 5.41. The molecule has 0 amide bonds. The van der Waals surface area contributed by atoms with E-state index >= 15 is 0 Å². The van der Waals surface area contributed by atoms with E-state index in [1.165, 1.54) is 0 Å². The number of halogens is 1. The molecule has 1 aromatic rings. The van der Waals surface area contributed by atoms with E-state index in [0.717, 1.165) is 10.0 Å². The minimum Gasteiger partial charge on any atom is -0.489 e. The van der Waals surface area contributed by atoms with Gasteiger partial charge >= 0.3 is 0 Å². The Labute approximate surface area is 111 Å². The molecule has 96 valence electrons. The molecule has 0 fully saturated rings. The van der Waals surface area contributed by atoms with Gasteiger partial charge in [0.2, 0.25) is 0 Å². The summed E-state index contributed by atoms with van der Waals surface area (Å²) in [5.74, 6) is 0.683. The van der Waals surface area contributed by atoms with Crippen LogP contribution in [0.3, 0.4) is 0 Å². The van der Waals surface area contributed by atoms with Crippen LogP contribution in [0.1, 0.15) is 32.3 Å². The first-order chi connectivity index (χ1) is 8.04. The van der Waals surface area contributed by atoms with Gasteiger partial charge in [0, 0.05) is 0 Å². The van der Waals surface area contributed by atoms with Crippen molar-refractivity contribution < 1.29 is 14.9 Å². The van der Waals surface area contributed by atoms with Gasteiger partial charge in [-0.05, 0) is 46.5 Å². The Morgan fingerprint density at radius 2 is 1.94 bits per heavy atom. The fraction of sp³-hybridized carbons (Fsp3) is 0.538. The zero-order chi connectivity index (χ0) is 12.9.